The highest BCUT2D eigenvalue weighted by Gasteiger charge is 2.17. The van der Waals surface area contributed by atoms with Gasteiger partial charge in [0.1, 0.15) is 0 Å². The van der Waals surface area contributed by atoms with E-state index in [-0.39, 0.29) is 30.8 Å². The van der Waals surface area contributed by atoms with E-state index in [1.807, 2.05) is 0 Å². The maximum absolute atomic E-state index is 12.6. The van der Waals surface area contributed by atoms with Crippen LogP contribution in [0.15, 0.2) is 47.4 Å². The van der Waals surface area contributed by atoms with Crippen LogP contribution in [0.2, 0.25) is 0 Å². The number of aliphatic hydroxyl groups is 1. The molecule has 9 heteroatoms. The second-order valence-electron chi connectivity index (χ2n) is 6.21. The molecule has 2 rings (SSSR count). The fourth-order valence-corrected chi connectivity index (χ4v) is 3.49. The number of hydrogen-bond acceptors (Lipinski definition) is 7. The molecule has 0 fully saturated rings. The van der Waals surface area contributed by atoms with Gasteiger partial charge in [0, 0.05) is 23.8 Å². The van der Waals surface area contributed by atoms with Crippen LogP contribution in [0.1, 0.15) is 10.4 Å². The summed E-state index contributed by atoms with van der Waals surface area (Å²) in [6, 6.07) is 11.6. The third-order valence-electron chi connectivity index (χ3n) is 4.08. The van der Waals surface area contributed by atoms with E-state index in [4.69, 9.17) is 14.2 Å². The van der Waals surface area contributed by atoms with Crippen LogP contribution in [0.5, 0.6) is 11.5 Å². The van der Waals surface area contributed by atoms with Gasteiger partial charge in [-0.1, -0.05) is 12.1 Å². The lowest BCUT2D eigenvalue weighted by Gasteiger charge is -2.16. The third kappa shape index (κ3) is 6.65. The van der Waals surface area contributed by atoms with Crippen LogP contribution in [0.25, 0.3) is 0 Å². The highest BCUT2D eigenvalue weighted by atomic mass is 32.2. The average molecular weight is 435 g/mol. The molecule has 0 aliphatic heterocycles. The zero-order valence-corrected chi connectivity index (χ0v) is 18.0. The maximum atomic E-state index is 12.6. The van der Waals surface area contributed by atoms with Crippen molar-refractivity contribution in [2.75, 3.05) is 45.6 Å². The number of methoxy groups -OCH3 is 3. The number of anilines is 1. The number of carbonyl (C=O) groups excluding carboxylic acids is 2. The fourth-order valence-electron chi connectivity index (χ4n) is 2.64. The lowest BCUT2D eigenvalue weighted by molar-refractivity contribution is -0.113. The van der Waals surface area contributed by atoms with E-state index in [2.05, 4.69) is 10.6 Å². The van der Waals surface area contributed by atoms with E-state index in [0.29, 0.717) is 27.6 Å². The molecule has 2 aromatic rings. The Kier molecular flexibility index (Phi) is 9.46. The van der Waals surface area contributed by atoms with Crippen LogP contribution in [-0.2, 0) is 9.53 Å². The highest BCUT2D eigenvalue weighted by molar-refractivity contribution is 8.00. The Labute approximate surface area is 179 Å². The molecule has 3 N–H and O–H groups in total. The Bertz CT molecular complexity index is 861. The van der Waals surface area contributed by atoms with Gasteiger partial charge in [0.25, 0.3) is 5.91 Å². The van der Waals surface area contributed by atoms with Crippen LogP contribution in [-0.4, -0.2) is 63.3 Å². The molecule has 8 nitrogen and oxygen atoms in total. The average Bonchev–Trinajstić information content (AvgIpc) is 2.77. The van der Waals surface area contributed by atoms with Gasteiger partial charge < -0.3 is 30.0 Å². The predicted molar refractivity (Wildman–Crippen MR) is 116 cm³/mol. The van der Waals surface area contributed by atoms with Gasteiger partial charge in [0.15, 0.2) is 11.5 Å². The first-order valence-electron chi connectivity index (χ1n) is 9.16. The van der Waals surface area contributed by atoms with Crippen LogP contribution < -0.4 is 20.1 Å². The summed E-state index contributed by atoms with van der Waals surface area (Å²) in [5.41, 5.74) is 1.01. The smallest absolute Gasteiger partial charge is 0.252 e. The molecule has 1 atom stereocenters. The van der Waals surface area contributed by atoms with Gasteiger partial charge in [-0.25, -0.2) is 0 Å². The molecule has 2 aromatic carbocycles. The molecule has 2 amide bonds. The number of aliphatic hydroxyl groups excluding tert-OH is 1. The SMILES string of the molecule is COCC(CO)NC(=O)c1ccccc1SCC(=O)Nc1ccc(OC)c(OC)c1. The zero-order valence-electron chi connectivity index (χ0n) is 17.1. The third-order valence-corrected chi connectivity index (χ3v) is 5.15. The van der Waals surface area contributed by atoms with Crippen LogP contribution in [0, 0.1) is 0 Å². The van der Waals surface area contributed by atoms with Crippen LogP contribution >= 0.6 is 11.8 Å². The number of hydrogen-bond donors (Lipinski definition) is 3. The van der Waals surface area contributed by atoms with E-state index in [1.165, 1.54) is 26.0 Å². The van der Waals surface area contributed by atoms with E-state index in [1.54, 1.807) is 49.6 Å². The molecule has 0 spiro atoms. The van der Waals surface area contributed by atoms with Crippen molar-refractivity contribution in [3.8, 4) is 11.5 Å². The minimum Gasteiger partial charge on any atom is -0.493 e. The van der Waals surface area contributed by atoms with Gasteiger partial charge in [-0.15, -0.1) is 11.8 Å². The van der Waals surface area contributed by atoms with Crippen LogP contribution in [0.3, 0.4) is 0 Å². The predicted octanol–water partition coefficient (Wildman–Crippen LogP) is 2.17. The second-order valence-corrected chi connectivity index (χ2v) is 7.23. The molecule has 30 heavy (non-hydrogen) atoms. The van der Waals surface area contributed by atoms with Gasteiger partial charge in [0.2, 0.25) is 5.91 Å². The quantitative estimate of drug-likeness (QED) is 0.466. The minimum absolute atomic E-state index is 0.111. The minimum atomic E-state index is -0.506. The Morgan fingerprint density at radius 2 is 1.80 bits per heavy atom. The largest absolute Gasteiger partial charge is 0.493 e. The van der Waals surface area contributed by atoms with Crippen molar-refractivity contribution >= 4 is 29.3 Å². The molecule has 0 saturated carbocycles. The van der Waals surface area contributed by atoms with E-state index in [0.717, 1.165) is 0 Å². The number of amides is 2. The summed E-state index contributed by atoms with van der Waals surface area (Å²) in [5, 5.41) is 14.9. The topological polar surface area (TPSA) is 106 Å². The standard InChI is InChI=1S/C21H26N2O6S/c1-27-12-15(11-24)23-21(26)16-6-4-5-7-19(16)30-13-20(25)22-14-8-9-17(28-2)18(10-14)29-3/h4-10,15,24H,11-13H2,1-3H3,(H,22,25)(H,23,26). The van der Waals surface area contributed by atoms with Crippen molar-refractivity contribution in [1.82, 2.24) is 5.32 Å². The summed E-state index contributed by atoms with van der Waals surface area (Å²) >= 11 is 1.25. The summed E-state index contributed by atoms with van der Waals surface area (Å²) in [6.07, 6.45) is 0. The van der Waals surface area contributed by atoms with Gasteiger partial charge in [-0.2, -0.15) is 0 Å². The molecule has 1 unspecified atom stereocenters. The Morgan fingerprint density at radius 1 is 1.07 bits per heavy atom. The molecule has 0 aliphatic rings. The molecule has 0 radical (unpaired) electrons. The lowest BCUT2D eigenvalue weighted by Crippen LogP contribution is -2.40. The lowest BCUT2D eigenvalue weighted by atomic mass is 10.2. The molecule has 0 bridgehead atoms. The summed E-state index contributed by atoms with van der Waals surface area (Å²) in [6.45, 7) is -0.0338. The van der Waals surface area contributed by atoms with Gasteiger partial charge in [0.05, 0.1) is 44.8 Å². The number of benzene rings is 2. The van der Waals surface area contributed by atoms with E-state index >= 15 is 0 Å². The van der Waals surface area contributed by atoms with E-state index < -0.39 is 6.04 Å². The highest BCUT2D eigenvalue weighted by Crippen LogP contribution is 2.30. The summed E-state index contributed by atoms with van der Waals surface area (Å²) < 4.78 is 15.4. The molecule has 0 saturated heterocycles. The van der Waals surface area contributed by atoms with Crippen molar-refractivity contribution in [2.45, 2.75) is 10.9 Å². The van der Waals surface area contributed by atoms with Gasteiger partial charge in [-0.05, 0) is 24.3 Å². The number of rotatable bonds is 11. The Hall–Kier alpha value is -2.75. The van der Waals surface area contributed by atoms with Crippen molar-refractivity contribution in [3.63, 3.8) is 0 Å². The molecular weight excluding hydrogens is 408 g/mol. The van der Waals surface area contributed by atoms with E-state index in [9.17, 15) is 14.7 Å². The first-order valence-corrected chi connectivity index (χ1v) is 10.1. The number of carbonyl (C=O) groups is 2. The summed E-state index contributed by atoms with van der Waals surface area (Å²) in [7, 11) is 4.56. The van der Waals surface area contributed by atoms with Crippen LogP contribution in [0.4, 0.5) is 5.69 Å². The molecule has 0 heterocycles. The molecule has 162 valence electrons. The monoisotopic (exact) mass is 434 g/mol. The maximum Gasteiger partial charge on any atom is 0.252 e. The summed E-state index contributed by atoms with van der Waals surface area (Å²) in [4.78, 5) is 25.6. The fraction of sp³-hybridized carbons (Fsp3) is 0.333. The number of nitrogens with one attached hydrogen (secondary N) is 2. The second kappa shape index (κ2) is 12.1. The van der Waals surface area contributed by atoms with Crippen molar-refractivity contribution in [2.24, 2.45) is 0 Å². The first kappa shape index (κ1) is 23.5. The number of ether oxygens (including phenoxy) is 3. The Morgan fingerprint density at radius 3 is 2.47 bits per heavy atom. The van der Waals surface area contributed by atoms with Crippen molar-refractivity contribution in [3.05, 3.63) is 48.0 Å². The van der Waals surface area contributed by atoms with Gasteiger partial charge >= 0.3 is 0 Å². The summed E-state index contributed by atoms with van der Waals surface area (Å²) in [5.74, 6) is 0.628. The van der Waals surface area contributed by atoms with Gasteiger partial charge in [-0.3, -0.25) is 9.59 Å². The molecule has 0 aromatic heterocycles. The van der Waals surface area contributed by atoms with Crippen molar-refractivity contribution < 1.29 is 28.9 Å². The first-order chi connectivity index (χ1) is 14.5. The molecule has 0 aliphatic carbocycles. The Balaban J connectivity index is 2.00. The zero-order chi connectivity index (χ0) is 21.9. The van der Waals surface area contributed by atoms with Crippen molar-refractivity contribution in [1.29, 1.82) is 0 Å². The molecular formula is C21H26N2O6S. The number of thioether (sulfide) groups is 1. The normalized spacial score (nSPS) is 11.5.